The number of aryl methyl sites for hydroxylation is 2. The van der Waals surface area contributed by atoms with Crippen molar-refractivity contribution in [3.63, 3.8) is 0 Å². The molecule has 0 spiro atoms. The lowest BCUT2D eigenvalue weighted by molar-refractivity contribution is -0.126. The van der Waals surface area contributed by atoms with E-state index in [1.807, 2.05) is 12.1 Å². The summed E-state index contributed by atoms with van der Waals surface area (Å²) in [5, 5.41) is 3.12. The van der Waals surface area contributed by atoms with E-state index in [9.17, 15) is 13.2 Å². The van der Waals surface area contributed by atoms with Crippen molar-refractivity contribution < 1.29 is 13.2 Å². The second kappa shape index (κ2) is 7.55. The molecule has 0 bridgehead atoms. The van der Waals surface area contributed by atoms with Crippen LogP contribution in [-0.4, -0.2) is 37.8 Å². The molecule has 1 aromatic carbocycles. The molecule has 1 aromatic rings. The summed E-state index contributed by atoms with van der Waals surface area (Å²) in [5.74, 6) is 0.667. The van der Waals surface area contributed by atoms with E-state index in [0.29, 0.717) is 36.7 Å². The molecule has 1 atom stereocenters. The number of benzene rings is 1. The van der Waals surface area contributed by atoms with Crippen LogP contribution in [0.15, 0.2) is 23.1 Å². The number of fused-ring (bicyclic) bond motifs is 1. The number of nitrogens with one attached hydrogen (secondary N) is 1. The van der Waals surface area contributed by atoms with Crippen molar-refractivity contribution in [2.45, 2.75) is 69.2 Å². The van der Waals surface area contributed by atoms with Gasteiger partial charge in [0.2, 0.25) is 15.9 Å². The Morgan fingerprint density at radius 1 is 1.07 bits per heavy atom. The van der Waals surface area contributed by atoms with Gasteiger partial charge in [0.1, 0.15) is 0 Å². The highest BCUT2D eigenvalue weighted by atomic mass is 32.2. The van der Waals surface area contributed by atoms with Crippen molar-refractivity contribution in [1.82, 2.24) is 9.62 Å². The zero-order chi connectivity index (χ0) is 19.0. The van der Waals surface area contributed by atoms with E-state index in [4.69, 9.17) is 0 Å². The molecule has 6 heteroatoms. The van der Waals surface area contributed by atoms with Crippen LogP contribution in [0.4, 0.5) is 0 Å². The van der Waals surface area contributed by atoms with Gasteiger partial charge in [-0.25, -0.2) is 8.42 Å². The Kier molecular flexibility index (Phi) is 5.30. The quantitative estimate of drug-likeness (QED) is 0.841. The third kappa shape index (κ3) is 4.06. The highest BCUT2D eigenvalue weighted by Crippen LogP contribution is 2.33. The van der Waals surface area contributed by atoms with E-state index >= 15 is 0 Å². The van der Waals surface area contributed by atoms with E-state index in [2.05, 4.69) is 12.2 Å². The summed E-state index contributed by atoms with van der Waals surface area (Å²) in [4.78, 5) is 12.9. The fraction of sp³-hybridized carbons (Fsp3) is 0.667. The Bertz CT molecular complexity index is 809. The van der Waals surface area contributed by atoms with Crippen LogP contribution in [0.3, 0.4) is 0 Å². The minimum absolute atomic E-state index is 0.0683. The van der Waals surface area contributed by atoms with Gasteiger partial charge in [-0.1, -0.05) is 6.07 Å². The molecule has 0 radical (unpaired) electrons. The van der Waals surface area contributed by atoms with Gasteiger partial charge in [-0.15, -0.1) is 0 Å². The maximum absolute atomic E-state index is 13.1. The first kappa shape index (κ1) is 18.9. The SMILES string of the molecule is CC(NC(=O)C1CCN(S(=O)(=O)c2ccc3c(c2)CCCC3)CC1)C1CC1. The van der Waals surface area contributed by atoms with Crippen LogP contribution in [0.2, 0.25) is 0 Å². The number of amides is 1. The summed E-state index contributed by atoms with van der Waals surface area (Å²) in [6.07, 6.45) is 7.97. The van der Waals surface area contributed by atoms with Gasteiger partial charge in [0.15, 0.2) is 0 Å². The molecule has 4 rings (SSSR count). The second-order valence-electron chi connectivity index (χ2n) is 8.45. The van der Waals surface area contributed by atoms with E-state index in [1.165, 1.54) is 30.4 Å². The second-order valence-corrected chi connectivity index (χ2v) is 10.4. The van der Waals surface area contributed by atoms with E-state index in [-0.39, 0.29) is 17.9 Å². The average Bonchev–Trinajstić information content (AvgIpc) is 3.53. The van der Waals surface area contributed by atoms with Crippen LogP contribution in [0.25, 0.3) is 0 Å². The lowest BCUT2D eigenvalue weighted by Crippen LogP contribution is -2.45. The maximum atomic E-state index is 13.1. The molecule has 0 aromatic heterocycles. The molecular formula is C21H30N2O3S. The monoisotopic (exact) mass is 390 g/mol. The highest BCUT2D eigenvalue weighted by molar-refractivity contribution is 7.89. The molecule has 1 saturated carbocycles. The third-order valence-electron chi connectivity index (χ3n) is 6.48. The molecule has 5 nitrogen and oxygen atoms in total. The van der Waals surface area contributed by atoms with Gasteiger partial charge in [0, 0.05) is 25.0 Å². The molecule has 2 fully saturated rings. The Balaban J connectivity index is 1.38. The standard InChI is InChI=1S/C21H30N2O3S/c1-15(16-6-7-16)22-21(24)18-10-12-23(13-11-18)27(25,26)20-9-8-17-4-2-3-5-19(17)14-20/h8-9,14-16,18H,2-7,10-13H2,1H3,(H,22,24). The van der Waals surface area contributed by atoms with Crippen molar-refractivity contribution in [2.75, 3.05) is 13.1 Å². The molecule has 148 valence electrons. The van der Waals surface area contributed by atoms with E-state index in [0.717, 1.165) is 19.3 Å². The smallest absolute Gasteiger partial charge is 0.243 e. The van der Waals surface area contributed by atoms with Crippen LogP contribution in [0, 0.1) is 11.8 Å². The molecule has 2 aliphatic carbocycles. The maximum Gasteiger partial charge on any atom is 0.243 e. The van der Waals surface area contributed by atoms with Gasteiger partial charge in [-0.05, 0) is 87.5 Å². The summed E-state index contributed by atoms with van der Waals surface area (Å²) < 4.78 is 27.7. The van der Waals surface area contributed by atoms with Gasteiger partial charge in [-0.3, -0.25) is 4.79 Å². The molecule has 1 heterocycles. The van der Waals surface area contributed by atoms with Gasteiger partial charge >= 0.3 is 0 Å². The van der Waals surface area contributed by atoms with Crippen molar-refractivity contribution in [2.24, 2.45) is 11.8 Å². The number of sulfonamides is 1. The topological polar surface area (TPSA) is 66.5 Å². The molecule has 3 aliphatic rings. The zero-order valence-corrected chi connectivity index (χ0v) is 16.9. The molecule has 1 unspecified atom stereocenters. The number of carbonyl (C=O) groups excluding carboxylic acids is 1. The molecule has 1 aliphatic heterocycles. The lowest BCUT2D eigenvalue weighted by Gasteiger charge is -2.31. The van der Waals surface area contributed by atoms with Crippen molar-refractivity contribution in [1.29, 1.82) is 0 Å². The summed E-state index contributed by atoms with van der Waals surface area (Å²) in [7, 11) is -3.47. The van der Waals surface area contributed by atoms with Gasteiger partial charge < -0.3 is 5.32 Å². The molecular weight excluding hydrogens is 360 g/mol. The average molecular weight is 391 g/mol. The van der Waals surface area contributed by atoms with Crippen molar-refractivity contribution in [3.8, 4) is 0 Å². The predicted molar refractivity (Wildman–Crippen MR) is 105 cm³/mol. The number of carbonyl (C=O) groups is 1. The van der Waals surface area contributed by atoms with Gasteiger partial charge in [0.05, 0.1) is 4.90 Å². The summed E-state index contributed by atoms with van der Waals surface area (Å²) in [5.41, 5.74) is 2.48. The minimum Gasteiger partial charge on any atom is -0.353 e. The molecule has 1 saturated heterocycles. The fourth-order valence-corrected chi connectivity index (χ4v) is 5.95. The van der Waals surface area contributed by atoms with Crippen LogP contribution in [0.5, 0.6) is 0 Å². The number of piperidine rings is 1. The van der Waals surface area contributed by atoms with Crippen molar-refractivity contribution >= 4 is 15.9 Å². The number of nitrogens with zero attached hydrogens (tertiary/aromatic N) is 1. The third-order valence-corrected chi connectivity index (χ3v) is 8.38. The Hall–Kier alpha value is -1.40. The Morgan fingerprint density at radius 2 is 1.74 bits per heavy atom. The fourth-order valence-electron chi connectivity index (χ4n) is 4.43. The number of hydrogen-bond donors (Lipinski definition) is 1. The molecule has 27 heavy (non-hydrogen) atoms. The summed E-state index contributed by atoms with van der Waals surface area (Å²) in [6.45, 7) is 2.93. The summed E-state index contributed by atoms with van der Waals surface area (Å²) >= 11 is 0. The van der Waals surface area contributed by atoms with Crippen LogP contribution >= 0.6 is 0 Å². The zero-order valence-electron chi connectivity index (χ0n) is 16.1. The lowest BCUT2D eigenvalue weighted by atomic mass is 9.92. The van der Waals surface area contributed by atoms with Gasteiger partial charge in [-0.2, -0.15) is 4.31 Å². The van der Waals surface area contributed by atoms with Crippen LogP contribution < -0.4 is 5.32 Å². The Labute approximate surface area is 162 Å². The minimum atomic E-state index is -3.47. The van der Waals surface area contributed by atoms with Crippen LogP contribution in [0.1, 0.15) is 56.6 Å². The molecule has 1 amide bonds. The Morgan fingerprint density at radius 3 is 2.41 bits per heavy atom. The molecule has 1 N–H and O–H groups in total. The highest BCUT2D eigenvalue weighted by Gasteiger charge is 2.34. The van der Waals surface area contributed by atoms with Crippen LogP contribution in [-0.2, 0) is 27.7 Å². The van der Waals surface area contributed by atoms with Crippen molar-refractivity contribution in [3.05, 3.63) is 29.3 Å². The van der Waals surface area contributed by atoms with E-state index in [1.54, 1.807) is 10.4 Å². The first-order chi connectivity index (χ1) is 12.9. The largest absolute Gasteiger partial charge is 0.353 e. The summed E-state index contributed by atoms with van der Waals surface area (Å²) in [6, 6.07) is 5.87. The normalized spacial score (nSPS) is 22.9. The first-order valence-corrected chi connectivity index (χ1v) is 11.8. The predicted octanol–water partition coefficient (Wildman–Crippen LogP) is 2.88. The van der Waals surface area contributed by atoms with Gasteiger partial charge in [0.25, 0.3) is 0 Å². The number of hydrogen-bond acceptors (Lipinski definition) is 3. The number of rotatable bonds is 5. The van der Waals surface area contributed by atoms with E-state index < -0.39 is 10.0 Å². The first-order valence-electron chi connectivity index (χ1n) is 10.4.